The van der Waals surface area contributed by atoms with Gasteiger partial charge in [0.15, 0.2) is 0 Å². The van der Waals surface area contributed by atoms with Gasteiger partial charge in [-0.3, -0.25) is 9.59 Å². The van der Waals surface area contributed by atoms with Crippen LogP contribution in [-0.4, -0.2) is 49.6 Å². The topological polar surface area (TPSA) is 79.5 Å². The van der Waals surface area contributed by atoms with Crippen molar-refractivity contribution < 1.29 is 14.3 Å². The Morgan fingerprint density at radius 3 is 2.81 bits per heavy atom. The molecule has 3 N–H and O–H groups in total. The van der Waals surface area contributed by atoms with Gasteiger partial charge in [-0.15, -0.1) is 0 Å². The van der Waals surface area contributed by atoms with Crippen LogP contribution < -0.4 is 16.0 Å². The minimum atomic E-state index is -0.230. The Kier molecular flexibility index (Phi) is 6.04. The van der Waals surface area contributed by atoms with Crippen LogP contribution in [0.5, 0.6) is 0 Å². The van der Waals surface area contributed by atoms with E-state index in [0.717, 1.165) is 18.1 Å². The molecule has 21 heavy (non-hydrogen) atoms. The average Bonchev–Trinajstić information content (AvgIpc) is 2.48. The fourth-order valence-corrected chi connectivity index (χ4v) is 2.90. The number of hydrogen-bond acceptors (Lipinski definition) is 5. The van der Waals surface area contributed by atoms with Crippen LogP contribution in [0.3, 0.4) is 0 Å². The van der Waals surface area contributed by atoms with Crippen molar-refractivity contribution in [3.05, 3.63) is 24.3 Å². The van der Waals surface area contributed by atoms with Crippen LogP contribution >= 0.6 is 11.8 Å². The summed E-state index contributed by atoms with van der Waals surface area (Å²) in [5, 5.41) is 8.74. The number of hydrogen-bond donors (Lipinski definition) is 3. The molecule has 1 unspecified atom stereocenters. The van der Waals surface area contributed by atoms with Crippen LogP contribution in [0.4, 0.5) is 11.4 Å². The van der Waals surface area contributed by atoms with Crippen LogP contribution in [0.15, 0.2) is 24.3 Å². The van der Waals surface area contributed by atoms with Crippen molar-refractivity contribution in [2.24, 2.45) is 0 Å². The van der Waals surface area contributed by atoms with E-state index in [1.165, 1.54) is 7.11 Å². The maximum absolute atomic E-state index is 12.1. The van der Waals surface area contributed by atoms with E-state index in [4.69, 9.17) is 4.74 Å². The van der Waals surface area contributed by atoms with Crippen molar-refractivity contribution in [1.29, 1.82) is 0 Å². The maximum Gasteiger partial charge on any atom is 0.250 e. The van der Waals surface area contributed by atoms with E-state index in [9.17, 15) is 9.59 Å². The van der Waals surface area contributed by atoms with Gasteiger partial charge in [0.05, 0.1) is 6.04 Å². The van der Waals surface area contributed by atoms with Crippen molar-refractivity contribution in [1.82, 2.24) is 5.32 Å². The maximum atomic E-state index is 12.1. The molecule has 1 aliphatic rings. The lowest BCUT2D eigenvalue weighted by atomic mass is 10.2. The van der Waals surface area contributed by atoms with E-state index < -0.39 is 0 Å². The van der Waals surface area contributed by atoms with Gasteiger partial charge in [0.2, 0.25) is 11.8 Å². The molecule has 0 spiro atoms. The number of benzene rings is 1. The first kappa shape index (κ1) is 15.8. The number of anilines is 2. The molecule has 0 aromatic heterocycles. The number of methoxy groups -OCH3 is 1. The number of carbonyl (C=O) groups is 2. The molecule has 0 bridgehead atoms. The fraction of sp³-hybridized carbons (Fsp3) is 0.429. The second-order valence-corrected chi connectivity index (χ2v) is 5.78. The minimum Gasteiger partial charge on any atom is -0.375 e. The van der Waals surface area contributed by atoms with Gasteiger partial charge in [0.25, 0.3) is 0 Å². The van der Waals surface area contributed by atoms with Gasteiger partial charge in [-0.2, -0.15) is 11.8 Å². The number of amides is 2. The normalized spacial score (nSPS) is 18.0. The predicted octanol–water partition coefficient (Wildman–Crippen LogP) is 0.915. The molecule has 1 saturated heterocycles. The summed E-state index contributed by atoms with van der Waals surface area (Å²) in [7, 11) is 1.46. The SMILES string of the molecule is COCC(=O)Nc1cccc(NC(=O)C2CSCCN2)c1. The van der Waals surface area contributed by atoms with Crippen LogP contribution in [0.25, 0.3) is 0 Å². The molecule has 1 aliphatic heterocycles. The molecule has 1 aromatic carbocycles. The number of thioether (sulfide) groups is 1. The van der Waals surface area contributed by atoms with Crippen LogP contribution in [0, 0.1) is 0 Å². The highest BCUT2D eigenvalue weighted by atomic mass is 32.2. The Hall–Kier alpha value is -1.57. The molecule has 1 aromatic rings. The standard InChI is InChI=1S/C14H19N3O3S/c1-20-8-13(18)16-10-3-2-4-11(7-10)17-14(19)12-9-21-6-5-15-12/h2-4,7,12,15H,5-6,8-9H2,1H3,(H,16,18)(H,17,19). The van der Waals surface area contributed by atoms with Crippen molar-refractivity contribution in [3.63, 3.8) is 0 Å². The Morgan fingerprint density at radius 2 is 2.14 bits per heavy atom. The van der Waals surface area contributed by atoms with Crippen LogP contribution in [0.2, 0.25) is 0 Å². The quantitative estimate of drug-likeness (QED) is 0.753. The molecule has 2 rings (SSSR count). The van der Waals surface area contributed by atoms with E-state index >= 15 is 0 Å². The first-order valence-electron chi connectivity index (χ1n) is 6.70. The van der Waals surface area contributed by atoms with Gasteiger partial charge in [-0.1, -0.05) is 6.07 Å². The summed E-state index contributed by atoms with van der Waals surface area (Å²) >= 11 is 1.76. The van der Waals surface area contributed by atoms with Crippen molar-refractivity contribution in [3.8, 4) is 0 Å². The summed E-state index contributed by atoms with van der Waals surface area (Å²) in [6.07, 6.45) is 0. The lowest BCUT2D eigenvalue weighted by Gasteiger charge is -2.22. The van der Waals surface area contributed by atoms with E-state index in [1.54, 1.807) is 36.0 Å². The molecule has 7 heteroatoms. The summed E-state index contributed by atoms with van der Waals surface area (Å²) in [5.74, 6) is 1.52. The molecule has 6 nitrogen and oxygen atoms in total. The number of rotatable bonds is 5. The largest absolute Gasteiger partial charge is 0.375 e. The molecule has 0 radical (unpaired) electrons. The van der Waals surface area contributed by atoms with Gasteiger partial charge in [-0.25, -0.2) is 0 Å². The molecule has 2 amide bonds. The molecule has 0 saturated carbocycles. The monoisotopic (exact) mass is 309 g/mol. The summed E-state index contributed by atoms with van der Waals surface area (Å²) in [6, 6.07) is 6.88. The summed E-state index contributed by atoms with van der Waals surface area (Å²) < 4.78 is 4.76. The van der Waals surface area contributed by atoms with Gasteiger partial charge < -0.3 is 20.7 Å². The smallest absolute Gasteiger partial charge is 0.250 e. The van der Waals surface area contributed by atoms with E-state index in [1.807, 2.05) is 0 Å². The van der Waals surface area contributed by atoms with Crippen LogP contribution in [0.1, 0.15) is 0 Å². The number of carbonyl (C=O) groups excluding carboxylic acids is 2. The highest BCUT2D eigenvalue weighted by Crippen LogP contribution is 2.16. The van der Waals surface area contributed by atoms with Gasteiger partial charge in [-0.05, 0) is 18.2 Å². The average molecular weight is 309 g/mol. The van der Waals surface area contributed by atoms with Crippen molar-refractivity contribution in [2.75, 3.05) is 42.4 Å². The van der Waals surface area contributed by atoms with Crippen molar-refractivity contribution in [2.45, 2.75) is 6.04 Å². The second kappa shape index (κ2) is 8.02. The Balaban J connectivity index is 1.93. The molecule has 1 heterocycles. The highest BCUT2D eigenvalue weighted by Gasteiger charge is 2.20. The molecular formula is C14H19N3O3S. The number of nitrogens with one attached hydrogen (secondary N) is 3. The van der Waals surface area contributed by atoms with Crippen LogP contribution in [-0.2, 0) is 14.3 Å². The zero-order valence-electron chi connectivity index (χ0n) is 11.8. The lowest BCUT2D eigenvalue weighted by Crippen LogP contribution is -2.46. The molecule has 1 fully saturated rings. The third-order valence-electron chi connectivity index (χ3n) is 2.93. The third-order valence-corrected chi connectivity index (χ3v) is 3.99. The lowest BCUT2D eigenvalue weighted by molar-refractivity contribution is -0.119. The zero-order chi connectivity index (χ0) is 15.1. The summed E-state index contributed by atoms with van der Waals surface area (Å²) in [6.45, 7) is 0.843. The minimum absolute atomic E-state index is 0.000194. The fourth-order valence-electron chi connectivity index (χ4n) is 1.97. The van der Waals surface area contributed by atoms with Crippen molar-refractivity contribution >= 4 is 35.0 Å². The first-order valence-corrected chi connectivity index (χ1v) is 7.85. The Labute approximate surface area is 128 Å². The van der Waals surface area contributed by atoms with E-state index in [2.05, 4.69) is 16.0 Å². The van der Waals surface area contributed by atoms with E-state index in [-0.39, 0.29) is 24.5 Å². The van der Waals surface area contributed by atoms with Gasteiger partial charge in [0, 0.05) is 36.5 Å². The van der Waals surface area contributed by atoms with Gasteiger partial charge >= 0.3 is 0 Å². The molecule has 1 atom stereocenters. The second-order valence-electron chi connectivity index (χ2n) is 4.63. The molecule has 114 valence electrons. The van der Waals surface area contributed by atoms with E-state index in [0.29, 0.717) is 11.4 Å². The predicted molar refractivity (Wildman–Crippen MR) is 84.7 cm³/mol. The highest BCUT2D eigenvalue weighted by molar-refractivity contribution is 7.99. The summed E-state index contributed by atoms with van der Waals surface area (Å²) in [4.78, 5) is 23.6. The Bertz CT molecular complexity index is 504. The number of ether oxygens (including phenoxy) is 1. The molecular weight excluding hydrogens is 290 g/mol. The zero-order valence-corrected chi connectivity index (χ0v) is 12.7. The molecule has 0 aliphatic carbocycles. The van der Waals surface area contributed by atoms with Gasteiger partial charge in [0.1, 0.15) is 6.61 Å². The first-order chi connectivity index (χ1) is 10.2. The third kappa shape index (κ3) is 5.04. The summed E-state index contributed by atoms with van der Waals surface area (Å²) in [5.41, 5.74) is 1.29. The Morgan fingerprint density at radius 1 is 1.38 bits per heavy atom.